The maximum atomic E-state index is 6.17. The summed E-state index contributed by atoms with van der Waals surface area (Å²) in [6, 6.07) is 10.4. The number of aromatic nitrogens is 1. The number of pyridine rings is 1. The molecule has 2 aromatic rings. The van der Waals surface area contributed by atoms with Gasteiger partial charge in [-0.1, -0.05) is 24.3 Å². The molecule has 2 N–H and O–H groups in total. The number of benzene rings is 1. The minimum absolute atomic E-state index is 0.00991. The lowest BCUT2D eigenvalue weighted by Crippen LogP contribution is -2.08. The second-order valence-corrected chi connectivity index (χ2v) is 3.98. The van der Waals surface area contributed by atoms with Crippen molar-refractivity contribution >= 4 is 0 Å². The molecule has 1 atom stereocenters. The van der Waals surface area contributed by atoms with Crippen molar-refractivity contribution in [1.82, 2.24) is 4.98 Å². The molecule has 3 rings (SSSR count). The van der Waals surface area contributed by atoms with Gasteiger partial charge in [-0.3, -0.25) is 4.98 Å². The lowest BCUT2D eigenvalue weighted by Gasteiger charge is -2.05. The molecule has 0 spiro atoms. The lowest BCUT2D eigenvalue weighted by molar-refractivity contribution is 0.891. The zero-order valence-electron chi connectivity index (χ0n) is 8.57. The molecule has 15 heavy (non-hydrogen) atoms. The Morgan fingerprint density at radius 2 is 1.93 bits per heavy atom. The third-order valence-electron chi connectivity index (χ3n) is 2.99. The van der Waals surface area contributed by atoms with Gasteiger partial charge in [-0.05, 0) is 35.2 Å². The molecule has 0 amide bonds. The highest BCUT2D eigenvalue weighted by atomic mass is 14.7. The highest BCUT2D eigenvalue weighted by Crippen LogP contribution is 2.41. The second kappa shape index (κ2) is 2.91. The summed E-state index contributed by atoms with van der Waals surface area (Å²) in [6.07, 6.45) is 1.90. The Labute approximate surface area is 88.8 Å². The fraction of sp³-hybridized carbons (Fsp3) is 0.154. The van der Waals surface area contributed by atoms with Gasteiger partial charge in [-0.25, -0.2) is 0 Å². The van der Waals surface area contributed by atoms with E-state index in [0.29, 0.717) is 0 Å². The minimum Gasteiger partial charge on any atom is -0.320 e. The SMILES string of the molecule is Cc1cc2c(cn1)C(N)c1ccccc1-2. The number of nitrogens with two attached hydrogens (primary N) is 1. The Morgan fingerprint density at radius 1 is 1.13 bits per heavy atom. The first-order valence-corrected chi connectivity index (χ1v) is 5.09. The molecule has 2 nitrogen and oxygen atoms in total. The summed E-state index contributed by atoms with van der Waals surface area (Å²) >= 11 is 0. The van der Waals surface area contributed by atoms with Gasteiger partial charge in [0.25, 0.3) is 0 Å². The molecule has 0 radical (unpaired) electrons. The topological polar surface area (TPSA) is 38.9 Å². The molecular weight excluding hydrogens is 184 g/mol. The van der Waals surface area contributed by atoms with E-state index in [9.17, 15) is 0 Å². The summed E-state index contributed by atoms with van der Waals surface area (Å²) < 4.78 is 0. The van der Waals surface area contributed by atoms with Gasteiger partial charge in [0.15, 0.2) is 0 Å². The molecule has 1 unspecified atom stereocenters. The number of rotatable bonds is 0. The fourth-order valence-electron chi connectivity index (χ4n) is 2.23. The van der Waals surface area contributed by atoms with Crippen LogP contribution in [0.2, 0.25) is 0 Å². The van der Waals surface area contributed by atoms with E-state index in [1.54, 1.807) is 0 Å². The molecular formula is C13H12N2. The number of hydrogen-bond acceptors (Lipinski definition) is 2. The van der Waals surface area contributed by atoms with E-state index >= 15 is 0 Å². The first-order chi connectivity index (χ1) is 7.27. The Bertz CT molecular complexity index is 532. The fourth-order valence-corrected chi connectivity index (χ4v) is 2.23. The number of aryl methyl sites for hydroxylation is 1. The predicted molar refractivity (Wildman–Crippen MR) is 60.4 cm³/mol. The summed E-state index contributed by atoms with van der Waals surface area (Å²) in [6.45, 7) is 2.01. The molecule has 0 saturated heterocycles. The third-order valence-corrected chi connectivity index (χ3v) is 2.99. The average Bonchev–Trinajstić information content (AvgIpc) is 2.54. The van der Waals surface area contributed by atoms with Crippen molar-refractivity contribution in [2.45, 2.75) is 13.0 Å². The van der Waals surface area contributed by atoms with Crippen LogP contribution >= 0.6 is 0 Å². The molecule has 1 heterocycles. The minimum atomic E-state index is -0.00991. The maximum absolute atomic E-state index is 6.17. The van der Waals surface area contributed by atoms with E-state index in [1.807, 2.05) is 19.2 Å². The van der Waals surface area contributed by atoms with E-state index in [1.165, 1.54) is 16.7 Å². The normalized spacial score (nSPS) is 17.3. The van der Waals surface area contributed by atoms with Gasteiger partial charge in [-0.2, -0.15) is 0 Å². The summed E-state index contributed by atoms with van der Waals surface area (Å²) in [5, 5.41) is 0. The Hall–Kier alpha value is -1.67. The predicted octanol–water partition coefficient (Wildman–Crippen LogP) is 2.42. The second-order valence-electron chi connectivity index (χ2n) is 3.98. The monoisotopic (exact) mass is 196 g/mol. The smallest absolute Gasteiger partial charge is 0.0579 e. The van der Waals surface area contributed by atoms with Gasteiger partial charge in [0.2, 0.25) is 0 Å². The number of nitrogens with zero attached hydrogens (tertiary/aromatic N) is 1. The molecule has 1 aliphatic carbocycles. The van der Waals surface area contributed by atoms with Crippen LogP contribution in [-0.4, -0.2) is 4.98 Å². The van der Waals surface area contributed by atoms with Crippen molar-refractivity contribution in [2.24, 2.45) is 5.73 Å². The van der Waals surface area contributed by atoms with Crippen LogP contribution in [0, 0.1) is 6.92 Å². The molecule has 0 saturated carbocycles. The van der Waals surface area contributed by atoms with Gasteiger partial charge < -0.3 is 5.73 Å². The highest BCUT2D eigenvalue weighted by Gasteiger charge is 2.25. The van der Waals surface area contributed by atoms with E-state index in [2.05, 4.69) is 29.2 Å². The average molecular weight is 196 g/mol. The van der Waals surface area contributed by atoms with Crippen LogP contribution in [0.15, 0.2) is 36.5 Å². The van der Waals surface area contributed by atoms with Gasteiger partial charge in [0.1, 0.15) is 0 Å². The van der Waals surface area contributed by atoms with Crippen LogP contribution < -0.4 is 5.73 Å². The molecule has 74 valence electrons. The molecule has 1 aromatic heterocycles. The number of fused-ring (bicyclic) bond motifs is 3. The largest absolute Gasteiger partial charge is 0.320 e. The van der Waals surface area contributed by atoms with Gasteiger partial charge in [0.05, 0.1) is 6.04 Å². The van der Waals surface area contributed by atoms with Crippen LogP contribution in [0.3, 0.4) is 0 Å². The first-order valence-electron chi connectivity index (χ1n) is 5.09. The van der Waals surface area contributed by atoms with Crippen LogP contribution in [0.25, 0.3) is 11.1 Å². The van der Waals surface area contributed by atoms with Crippen LogP contribution in [-0.2, 0) is 0 Å². The summed E-state index contributed by atoms with van der Waals surface area (Å²) in [4.78, 5) is 4.30. The Balaban J connectivity index is 2.34. The van der Waals surface area contributed by atoms with Gasteiger partial charge >= 0.3 is 0 Å². The molecule has 2 heteroatoms. The van der Waals surface area contributed by atoms with Crippen LogP contribution in [0.4, 0.5) is 0 Å². The quantitative estimate of drug-likeness (QED) is 0.702. The van der Waals surface area contributed by atoms with Crippen molar-refractivity contribution in [1.29, 1.82) is 0 Å². The van der Waals surface area contributed by atoms with Crippen molar-refractivity contribution in [3.63, 3.8) is 0 Å². The van der Waals surface area contributed by atoms with Crippen molar-refractivity contribution in [3.8, 4) is 11.1 Å². The first kappa shape index (κ1) is 8.62. The standard InChI is InChI=1S/C13H12N2/c1-8-6-11-9-4-2-3-5-10(9)13(14)12(11)7-15-8/h2-7,13H,14H2,1H3. The van der Waals surface area contributed by atoms with E-state index < -0.39 is 0 Å². The third kappa shape index (κ3) is 1.12. The maximum Gasteiger partial charge on any atom is 0.0579 e. The van der Waals surface area contributed by atoms with Crippen molar-refractivity contribution in [2.75, 3.05) is 0 Å². The summed E-state index contributed by atoms with van der Waals surface area (Å²) in [7, 11) is 0. The molecule has 1 aromatic carbocycles. The zero-order chi connectivity index (χ0) is 10.4. The number of hydrogen-bond donors (Lipinski definition) is 1. The van der Waals surface area contributed by atoms with Gasteiger partial charge in [0, 0.05) is 11.9 Å². The zero-order valence-corrected chi connectivity index (χ0v) is 8.57. The van der Waals surface area contributed by atoms with E-state index in [-0.39, 0.29) is 6.04 Å². The van der Waals surface area contributed by atoms with Crippen molar-refractivity contribution < 1.29 is 0 Å². The van der Waals surface area contributed by atoms with Crippen LogP contribution in [0.5, 0.6) is 0 Å². The summed E-state index contributed by atoms with van der Waals surface area (Å²) in [5.41, 5.74) is 12.1. The van der Waals surface area contributed by atoms with Crippen molar-refractivity contribution in [3.05, 3.63) is 53.3 Å². The lowest BCUT2D eigenvalue weighted by atomic mass is 10.1. The molecule has 0 fully saturated rings. The van der Waals surface area contributed by atoms with E-state index in [0.717, 1.165) is 11.3 Å². The molecule has 0 aliphatic heterocycles. The Kier molecular flexibility index (Phi) is 1.67. The van der Waals surface area contributed by atoms with Crippen LogP contribution in [0.1, 0.15) is 22.9 Å². The highest BCUT2D eigenvalue weighted by molar-refractivity contribution is 5.78. The van der Waals surface area contributed by atoms with E-state index in [4.69, 9.17) is 5.73 Å². The molecule has 1 aliphatic rings. The van der Waals surface area contributed by atoms with Gasteiger partial charge in [-0.15, -0.1) is 0 Å². The molecule has 0 bridgehead atoms. The summed E-state index contributed by atoms with van der Waals surface area (Å²) in [5.74, 6) is 0. The Morgan fingerprint density at radius 3 is 2.80 bits per heavy atom.